The number of imidazole rings is 1. The Morgan fingerprint density at radius 1 is 1.28 bits per heavy atom. The average molecular weight is 348 g/mol. The minimum atomic E-state index is 0.585. The molecule has 1 aliphatic carbocycles. The molecule has 1 fully saturated rings. The topological polar surface area (TPSA) is 54.2 Å². The number of rotatable bonds is 8. The van der Waals surface area contributed by atoms with Crippen LogP contribution in [0, 0.1) is 18.8 Å². The smallest absolute Gasteiger partial charge is 0.191 e. The first-order valence-corrected chi connectivity index (χ1v) is 10.1. The Bertz CT molecular complexity index is 512. The Kier molecular flexibility index (Phi) is 8.29. The number of nitrogens with one attached hydrogen (secondary N) is 2. The van der Waals surface area contributed by atoms with E-state index in [0.29, 0.717) is 6.04 Å². The molecule has 0 aromatic carbocycles. The van der Waals surface area contributed by atoms with Gasteiger partial charge in [0.15, 0.2) is 5.96 Å². The zero-order valence-electron chi connectivity index (χ0n) is 16.6. The van der Waals surface area contributed by atoms with Gasteiger partial charge in [0.1, 0.15) is 5.82 Å². The van der Waals surface area contributed by atoms with E-state index in [1.165, 1.54) is 25.7 Å². The third-order valence-electron chi connectivity index (χ3n) is 5.40. The summed E-state index contributed by atoms with van der Waals surface area (Å²) in [5.41, 5.74) is 0. The van der Waals surface area contributed by atoms with Crippen molar-refractivity contribution in [3.63, 3.8) is 0 Å². The normalized spacial score (nSPS) is 21.6. The predicted octanol–water partition coefficient (Wildman–Crippen LogP) is 3.74. The largest absolute Gasteiger partial charge is 0.357 e. The second kappa shape index (κ2) is 10.5. The highest BCUT2D eigenvalue weighted by atomic mass is 15.2. The van der Waals surface area contributed by atoms with Crippen molar-refractivity contribution in [2.45, 2.75) is 78.8 Å². The Hall–Kier alpha value is -1.52. The quantitative estimate of drug-likeness (QED) is 0.428. The molecule has 1 aliphatic rings. The molecular formula is C20H37N5. The second-order valence-electron chi connectivity index (χ2n) is 7.64. The summed E-state index contributed by atoms with van der Waals surface area (Å²) in [6.45, 7) is 11.7. The third kappa shape index (κ3) is 6.71. The lowest BCUT2D eigenvalue weighted by molar-refractivity contribution is 0.250. The fraction of sp³-hybridized carbons (Fsp3) is 0.800. The van der Waals surface area contributed by atoms with Crippen LogP contribution in [0.1, 0.15) is 65.1 Å². The Balaban J connectivity index is 1.70. The van der Waals surface area contributed by atoms with Gasteiger partial charge in [-0.1, -0.05) is 13.8 Å². The van der Waals surface area contributed by atoms with Crippen LogP contribution >= 0.6 is 0 Å². The SMILES string of the molecule is CCNC(=NCCCCn1ccnc1C)NC1CCC(C(C)C)CC1. The molecule has 0 saturated heterocycles. The molecule has 1 heterocycles. The molecule has 0 radical (unpaired) electrons. The molecule has 2 N–H and O–H groups in total. The molecule has 5 heteroatoms. The first kappa shape index (κ1) is 19.8. The average Bonchev–Trinajstić information content (AvgIpc) is 3.00. The van der Waals surface area contributed by atoms with Gasteiger partial charge in [-0.25, -0.2) is 4.98 Å². The molecule has 0 aliphatic heterocycles. The molecule has 0 spiro atoms. The first-order chi connectivity index (χ1) is 12.1. The van der Waals surface area contributed by atoms with Crippen LogP contribution in [0.4, 0.5) is 0 Å². The molecule has 2 rings (SSSR count). The van der Waals surface area contributed by atoms with Gasteiger partial charge in [-0.05, 0) is 64.2 Å². The van der Waals surface area contributed by atoms with Crippen LogP contribution in [-0.2, 0) is 6.54 Å². The number of aryl methyl sites for hydroxylation is 2. The number of nitrogens with zero attached hydrogens (tertiary/aromatic N) is 3. The van der Waals surface area contributed by atoms with E-state index in [4.69, 9.17) is 4.99 Å². The van der Waals surface area contributed by atoms with Gasteiger partial charge in [0, 0.05) is 38.1 Å². The molecular weight excluding hydrogens is 310 g/mol. The van der Waals surface area contributed by atoms with Crippen molar-refractivity contribution >= 4 is 5.96 Å². The van der Waals surface area contributed by atoms with Crippen molar-refractivity contribution in [3.05, 3.63) is 18.2 Å². The van der Waals surface area contributed by atoms with Crippen molar-refractivity contribution in [2.75, 3.05) is 13.1 Å². The summed E-state index contributed by atoms with van der Waals surface area (Å²) in [6, 6.07) is 0.585. The number of hydrogen-bond acceptors (Lipinski definition) is 2. The number of aliphatic imine (C=N–C) groups is 1. The maximum Gasteiger partial charge on any atom is 0.191 e. The lowest BCUT2D eigenvalue weighted by atomic mass is 9.80. The molecule has 142 valence electrons. The van der Waals surface area contributed by atoms with Crippen LogP contribution in [-0.4, -0.2) is 34.6 Å². The minimum Gasteiger partial charge on any atom is -0.357 e. The van der Waals surface area contributed by atoms with E-state index in [1.54, 1.807) is 0 Å². The third-order valence-corrected chi connectivity index (χ3v) is 5.40. The first-order valence-electron chi connectivity index (χ1n) is 10.1. The van der Waals surface area contributed by atoms with Gasteiger partial charge in [0.05, 0.1) is 0 Å². The van der Waals surface area contributed by atoms with Crippen LogP contribution in [0.3, 0.4) is 0 Å². The molecule has 0 atom stereocenters. The van der Waals surface area contributed by atoms with Gasteiger partial charge in [0.2, 0.25) is 0 Å². The van der Waals surface area contributed by atoms with Crippen molar-refractivity contribution in [1.29, 1.82) is 0 Å². The Labute approximate surface area is 153 Å². The van der Waals surface area contributed by atoms with Crippen molar-refractivity contribution in [2.24, 2.45) is 16.8 Å². The van der Waals surface area contributed by atoms with Gasteiger partial charge in [-0.2, -0.15) is 0 Å². The molecule has 1 aromatic heterocycles. The standard InChI is InChI=1S/C20H37N5/c1-5-21-20(24-19-10-8-18(9-11-19)16(2)3)23-12-6-7-14-25-15-13-22-17(25)4/h13,15-16,18-19H,5-12,14H2,1-4H3,(H2,21,23,24). The molecule has 25 heavy (non-hydrogen) atoms. The Morgan fingerprint density at radius 3 is 2.64 bits per heavy atom. The monoisotopic (exact) mass is 347 g/mol. The lowest BCUT2D eigenvalue weighted by Gasteiger charge is -2.32. The Morgan fingerprint density at radius 2 is 2.04 bits per heavy atom. The van der Waals surface area contributed by atoms with E-state index >= 15 is 0 Å². The van der Waals surface area contributed by atoms with Crippen LogP contribution in [0.5, 0.6) is 0 Å². The van der Waals surface area contributed by atoms with Gasteiger partial charge < -0.3 is 15.2 Å². The van der Waals surface area contributed by atoms with E-state index in [0.717, 1.165) is 56.1 Å². The van der Waals surface area contributed by atoms with Crippen molar-refractivity contribution in [1.82, 2.24) is 20.2 Å². The van der Waals surface area contributed by atoms with Crippen molar-refractivity contribution in [3.8, 4) is 0 Å². The van der Waals surface area contributed by atoms with Gasteiger partial charge in [0.25, 0.3) is 0 Å². The highest BCUT2D eigenvalue weighted by Crippen LogP contribution is 2.29. The molecule has 0 amide bonds. The molecule has 0 bridgehead atoms. The highest BCUT2D eigenvalue weighted by molar-refractivity contribution is 5.80. The predicted molar refractivity (Wildman–Crippen MR) is 106 cm³/mol. The summed E-state index contributed by atoms with van der Waals surface area (Å²) >= 11 is 0. The molecule has 1 saturated carbocycles. The summed E-state index contributed by atoms with van der Waals surface area (Å²) in [7, 11) is 0. The van der Waals surface area contributed by atoms with Crippen LogP contribution in [0.15, 0.2) is 17.4 Å². The summed E-state index contributed by atoms with van der Waals surface area (Å²) < 4.78 is 2.21. The molecule has 5 nitrogen and oxygen atoms in total. The van der Waals surface area contributed by atoms with E-state index < -0.39 is 0 Å². The summed E-state index contributed by atoms with van der Waals surface area (Å²) in [4.78, 5) is 9.04. The molecule has 1 aromatic rings. The molecule has 0 unspecified atom stereocenters. The van der Waals surface area contributed by atoms with Crippen molar-refractivity contribution < 1.29 is 0 Å². The van der Waals surface area contributed by atoms with Gasteiger partial charge in [-0.15, -0.1) is 0 Å². The van der Waals surface area contributed by atoms with E-state index in [1.807, 2.05) is 6.20 Å². The van der Waals surface area contributed by atoms with E-state index in [-0.39, 0.29) is 0 Å². The number of hydrogen-bond donors (Lipinski definition) is 2. The maximum atomic E-state index is 4.77. The van der Waals surface area contributed by atoms with Gasteiger partial charge >= 0.3 is 0 Å². The summed E-state index contributed by atoms with van der Waals surface area (Å²) in [6.07, 6.45) is 11.4. The zero-order valence-corrected chi connectivity index (χ0v) is 16.6. The van der Waals surface area contributed by atoms with E-state index in [9.17, 15) is 0 Å². The summed E-state index contributed by atoms with van der Waals surface area (Å²) in [5.74, 6) is 3.82. The second-order valence-corrected chi connectivity index (χ2v) is 7.64. The zero-order chi connectivity index (χ0) is 18.1. The number of guanidine groups is 1. The number of unbranched alkanes of at least 4 members (excludes halogenated alkanes) is 1. The maximum absolute atomic E-state index is 4.77. The van der Waals surface area contributed by atoms with Crippen LogP contribution in [0.2, 0.25) is 0 Å². The number of aromatic nitrogens is 2. The van der Waals surface area contributed by atoms with E-state index in [2.05, 4.69) is 54.1 Å². The highest BCUT2D eigenvalue weighted by Gasteiger charge is 2.23. The summed E-state index contributed by atoms with van der Waals surface area (Å²) in [5, 5.41) is 7.05. The lowest BCUT2D eigenvalue weighted by Crippen LogP contribution is -2.45. The fourth-order valence-electron chi connectivity index (χ4n) is 3.67. The van der Waals surface area contributed by atoms with Crippen LogP contribution < -0.4 is 10.6 Å². The minimum absolute atomic E-state index is 0.585. The van der Waals surface area contributed by atoms with Gasteiger partial charge in [-0.3, -0.25) is 4.99 Å². The fourth-order valence-corrected chi connectivity index (χ4v) is 3.67. The van der Waals surface area contributed by atoms with Crippen LogP contribution in [0.25, 0.3) is 0 Å².